The second-order valence-electron chi connectivity index (χ2n) is 5.24. The molecule has 0 spiro atoms. The zero-order chi connectivity index (χ0) is 13.2. The Kier molecular flexibility index (Phi) is 7.76. The topological polar surface area (TPSA) is 71.7 Å². The van der Waals surface area contributed by atoms with E-state index in [-0.39, 0.29) is 0 Å². The van der Waals surface area contributed by atoms with Crippen LogP contribution in [0.2, 0.25) is 0 Å². The number of rotatable bonds is 6. The van der Waals surface area contributed by atoms with Crippen LogP contribution in [0.5, 0.6) is 0 Å². The van der Waals surface area contributed by atoms with Crippen LogP contribution in [0.4, 0.5) is 0 Å². The molecule has 1 rings (SSSR count). The quantitative estimate of drug-likeness (QED) is 0.220. The van der Waals surface area contributed by atoms with Gasteiger partial charge in [0.05, 0.1) is 0 Å². The number of methoxy groups -OCH3 is 1. The lowest BCUT2D eigenvalue weighted by Crippen LogP contribution is -2.42. The Bertz CT molecular complexity index is 245. The number of aliphatic imine (C=N–C) groups is 1. The van der Waals surface area contributed by atoms with Gasteiger partial charge in [-0.3, -0.25) is 10.4 Å². The van der Waals surface area contributed by atoms with Crippen molar-refractivity contribution in [2.24, 2.45) is 22.7 Å². The molecular formula is C13H28N4O. The smallest absolute Gasteiger partial charge is 0.205 e. The van der Waals surface area contributed by atoms with Crippen LogP contribution in [-0.4, -0.2) is 32.8 Å². The lowest BCUT2D eigenvalue weighted by atomic mass is 9.82. The molecule has 0 aromatic heterocycles. The molecule has 1 aliphatic carbocycles. The van der Waals surface area contributed by atoms with E-state index in [9.17, 15) is 0 Å². The van der Waals surface area contributed by atoms with Gasteiger partial charge in [0.2, 0.25) is 5.96 Å². The first-order valence-electron chi connectivity index (χ1n) is 7.00. The van der Waals surface area contributed by atoms with E-state index in [0.717, 1.165) is 38.0 Å². The molecule has 2 unspecified atom stereocenters. The summed E-state index contributed by atoms with van der Waals surface area (Å²) in [6, 6.07) is 0. The maximum absolute atomic E-state index is 5.46. The number of nitrogens with two attached hydrogens (primary N) is 1. The highest BCUT2D eigenvalue weighted by molar-refractivity contribution is 5.79. The molecule has 0 saturated heterocycles. The Morgan fingerprint density at radius 2 is 2.28 bits per heavy atom. The average molecular weight is 256 g/mol. The average Bonchev–Trinajstić information content (AvgIpc) is 2.38. The SMILES string of the molecule is COCCCNC(=NCC1CCCC(C)C1)NN. The Hall–Kier alpha value is -0.810. The molecule has 5 heteroatoms. The summed E-state index contributed by atoms with van der Waals surface area (Å²) in [5, 5.41) is 3.19. The van der Waals surface area contributed by atoms with E-state index in [2.05, 4.69) is 22.7 Å². The summed E-state index contributed by atoms with van der Waals surface area (Å²) in [4.78, 5) is 4.53. The van der Waals surface area contributed by atoms with E-state index < -0.39 is 0 Å². The van der Waals surface area contributed by atoms with Crippen molar-refractivity contribution in [2.45, 2.75) is 39.0 Å². The minimum Gasteiger partial charge on any atom is -0.385 e. The molecule has 0 aliphatic heterocycles. The highest BCUT2D eigenvalue weighted by Crippen LogP contribution is 2.28. The molecule has 2 atom stereocenters. The Labute approximate surface area is 111 Å². The molecular weight excluding hydrogens is 228 g/mol. The van der Waals surface area contributed by atoms with Crippen LogP contribution in [0.25, 0.3) is 0 Å². The molecule has 0 radical (unpaired) electrons. The number of hydrogen-bond donors (Lipinski definition) is 3. The van der Waals surface area contributed by atoms with Crippen molar-refractivity contribution >= 4 is 5.96 Å². The molecule has 0 heterocycles. The van der Waals surface area contributed by atoms with Crippen LogP contribution in [0.3, 0.4) is 0 Å². The summed E-state index contributed by atoms with van der Waals surface area (Å²) >= 11 is 0. The number of ether oxygens (including phenoxy) is 1. The summed E-state index contributed by atoms with van der Waals surface area (Å²) < 4.78 is 4.99. The maximum Gasteiger partial charge on any atom is 0.205 e. The van der Waals surface area contributed by atoms with E-state index in [1.807, 2.05) is 0 Å². The van der Waals surface area contributed by atoms with E-state index >= 15 is 0 Å². The van der Waals surface area contributed by atoms with Crippen LogP contribution in [0.1, 0.15) is 39.0 Å². The summed E-state index contributed by atoms with van der Waals surface area (Å²) in [5.41, 5.74) is 2.63. The first-order chi connectivity index (χ1) is 8.76. The molecule has 1 fully saturated rings. The highest BCUT2D eigenvalue weighted by Gasteiger charge is 2.18. The fourth-order valence-corrected chi connectivity index (χ4v) is 2.52. The predicted octanol–water partition coefficient (Wildman–Crippen LogP) is 1.26. The van der Waals surface area contributed by atoms with Gasteiger partial charge in [0.1, 0.15) is 0 Å². The summed E-state index contributed by atoms with van der Waals surface area (Å²) in [6.07, 6.45) is 6.27. The Morgan fingerprint density at radius 1 is 1.44 bits per heavy atom. The molecule has 0 bridgehead atoms. The van der Waals surface area contributed by atoms with Gasteiger partial charge in [0, 0.05) is 26.8 Å². The van der Waals surface area contributed by atoms with Crippen LogP contribution in [0.15, 0.2) is 4.99 Å². The number of guanidine groups is 1. The highest BCUT2D eigenvalue weighted by atomic mass is 16.5. The summed E-state index contributed by atoms with van der Waals surface area (Å²) in [5.74, 6) is 7.72. The van der Waals surface area contributed by atoms with Crippen LogP contribution >= 0.6 is 0 Å². The third-order valence-corrected chi connectivity index (χ3v) is 3.51. The zero-order valence-corrected chi connectivity index (χ0v) is 11.7. The third kappa shape index (κ3) is 6.21. The van der Waals surface area contributed by atoms with Gasteiger partial charge in [-0.15, -0.1) is 0 Å². The van der Waals surface area contributed by atoms with Crippen LogP contribution in [-0.2, 0) is 4.74 Å². The number of hydrogen-bond acceptors (Lipinski definition) is 3. The molecule has 1 aliphatic rings. The van der Waals surface area contributed by atoms with E-state index in [1.54, 1.807) is 7.11 Å². The lowest BCUT2D eigenvalue weighted by molar-refractivity contribution is 0.195. The fourth-order valence-electron chi connectivity index (χ4n) is 2.52. The first-order valence-corrected chi connectivity index (χ1v) is 7.00. The van der Waals surface area contributed by atoms with Gasteiger partial charge in [-0.1, -0.05) is 19.8 Å². The van der Waals surface area contributed by atoms with Crippen molar-refractivity contribution in [1.82, 2.24) is 10.7 Å². The predicted molar refractivity (Wildman–Crippen MR) is 75.2 cm³/mol. The van der Waals surface area contributed by atoms with Gasteiger partial charge in [0.15, 0.2) is 0 Å². The van der Waals surface area contributed by atoms with Crippen LogP contribution in [0, 0.1) is 11.8 Å². The van der Waals surface area contributed by atoms with E-state index in [4.69, 9.17) is 10.6 Å². The van der Waals surface area contributed by atoms with Gasteiger partial charge in [-0.05, 0) is 31.1 Å². The normalized spacial score (nSPS) is 24.9. The second kappa shape index (κ2) is 9.16. The van der Waals surface area contributed by atoms with Crippen LogP contribution < -0.4 is 16.6 Å². The molecule has 0 aromatic rings. The molecule has 1 saturated carbocycles. The van der Waals surface area contributed by atoms with Crippen molar-refractivity contribution in [3.63, 3.8) is 0 Å². The minimum atomic E-state index is 0.698. The number of nitrogens with zero attached hydrogens (tertiary/aromatic N) is 1. The molecule has 4 N–H and O–H groups in total. The largest absolute Gasteiger partial charge is 0.385 e. The minimum absolute atomic E-state index is 0.698. The zero-order valence-electron chi connectivity index (χ0n) is 11.7. The van der Waals surface area contributed by atoms with Gasteiger partial charge in [0.25, 0.3) is 0 Å². The fraction of sp³-hybridized carbons (Fsp3) is 0.923. The van der Waals surface area contributed by atoms with Crippen molar-refractivity contribution in [3.8, 4) is 0 Å². The number of nitrogens with one attached hydrogen (secondary N) is 2. The maximum atomic E-state index is 5.46. The molecule has 5 nitrogen and oxygen atoms in total. The number of hydrazine groups is 1. The molecule has 18 heavy (non-hydrogen) atoms. The van der Waals surface area contributed by atoms with Crippen molar-refractivity contribution in [1.29, 1.82) is 0 Å². The Morgan fingerprint density at radius 3 is 2.94 bits per heavy atom. The Balaban J connectivity index is 2.23. The molecule has 106 valence electrons. The van der Waals surface area contributed by atoms with Crippen molar-refractivity contribution in [3.05, 3.63) is 0 Å². The van der Waals surface area contributed by atoms with E-state index in [0.29, 0.717) is 5.96 Å². The summed E-state index contributed by atoms with van der Waals surface area (Å²) in [7, 11) is 1.71. The standard InChI is InChI=1S/C13H28N4O/c1-11-5-3-6-12(9-11)10-16-13(17-14)15-7-4-8-18-2/h11-12H,3-10,14H2,1-2H3,(H2,15,16,17). The van der Waals surface area contributed by atoms with Gasteiger partial charge in [-0.2, -0.15) is 0 Å². The van der Waals surface area contributed by atoms with Gasteiger partial charge >= 0.3 is 0 Å². The lowest BCUT2D eigenvalue weighted by Gasteiger charge is -2.25. The molecule has 0 aromatic carbocycles. The van der Waals surface area contributed by atoms with Gasteiger partial charge in [-0.25, -0.2) is 5.84 Å². The van der Waals surface area contributed by atoms with Gasteiger partial charge < -0.3 is 10.1 Å². The van der Waals surface area contributed by atoms with Crippen molar-refractivity contribution < 1.29 is 4.74 Å². The summed E-state index contributed by atoms with van der Waals surface area (Å²) in [6.45, 7) is 4.80. The third-order valence-electron chi connectivity index (χ3n) is 3.51. The van der Waals surface area contributed by atoms with E-state index in [1.165, 1.54) is 25.7 Å². The molecule has 0 amide bonds. The van der Waals surface area contributed by atoms with Crippen molar-refractivity contribution in [2.75, 3.05) is 26.8 Å². The first kappa shape index (κ1) is 15.2. The second-order valence-corrected chi connectivity index (χ2v) is 5.24. The monoisotopic (exact) mass is 256 g/mol.